The molecule has 10 nitrogen and oxygen atoms in total. The van der Waals surface area contributed by atoms with E-state index in [-0.39, 0.29) is 17.8 Å². The molecule has 0 spiro atoms. The van der Waals surface area contributed by atoms with Gasteiger partial charge in [-0.2, -0.15) is 9.67 Å². The number of morpholine rings is 1. The lowest BCUT2D eigenvalue weighted by atomic mass is 10.1. The van der Waals surface area contributed by atoms with Gasteiger partial charge in [0.2, 0.25) is 11.9 Å². The maximum atomic E-state index is 13.1. The van der Waals surface area contributed by atoms with Gasteiger partial charge in [-0.15, -0.1) is 5.10 Å². The first-order valence-electron chi connectivity index (χ1n) is 12.1. The Morgan fingerprint density at radius 1 is 1.06 bits per heavy atom. The van der Waals surface area contributed by atoms with Crippen molar-refractivity contribution in [2.24, 2.45) is 0 Å². The van der Waals surface area contributed by atoms with E-state index in [1.54, 1.807) is 6.07 Å². The lowest BCUT2D eigenvalue weighted by molar-refractivity contribution is 0.0948. The molecular formula is C25H31N7O3. The molecule has 0 unspecified atom stereocenters. The lowest BCUT2D eigenvalue weighted by Crippen LogP contribution is -2.36. The molecule has 2 aliphatic rings. The van der Waals surface area contributed by atoms with Gasteiger partial charge in [-0.3, -0.25) is 9.69 Å². The molecule has 2 saturated heterocycles. The normalized spacial score (nSPS) is 16.4. The quantitative estimate of drug-likeness (QED) is 0.506. The Labute approximate surface area is 204 Å². The molecule has 0 amide bonds. The zero-order valence-electron chi connectivity index (χ0n) is 19.7. The van der Waals surface area contributed by atoms with Crippen LogP contribution in [0.3, 0.4) is 0 Å². The number of hydrogen-bond acceptors (Lipinski definition) is 9. The predicted octanol–water partition coefficient (Wildman–Crippen LogP) is 2.60. The zero-order valence-corrected chi connectivity index (χ0v) is 19.7. The van der Waals surface area contributed by atoms with Crippen LogP contribution >= 0.6 is 0 Å². The number of likely N-dealkylation sites (tertiary alicyclic amines) is 1. The number of nitrogens with one attached hydrogen (secondary N) is 1. The Morgan fingerprint density at radius 2 is 1.83 bits per heavy atom. The third kappa shape index (κ3) is 5.72. The molecule has 35 heavy (non-hydrogen) atoms. The number of benzene rings is 2. The molecule has 0 saturated carbocycles. The van der Waals surface area contributed by atoms with E-state index >= 15 is 0 Å². The summed E-state index contributed by atoms with van der Waals surface area (Å²) in [6.45, 7) is 6.88. The Hall–Kier alpha value is -3.63. The van der Waals surface area contributed by atoms with Gasteiger partial charge in [0.25, 0.3) is 5.91 Å². The minimum absolute atomic E-state index is 0.0242. The zero-order chi connectivity index (χ0) is 24.0. The van der Waals surface area contributed by atoms with E-state index in [4.69, 9.17) is 15.2 Å². The molecule has 2 fully saturated rings. The third-order valence-electron chi connectivity index (χ3n) is 6.28. The topological polar surface area (TPSA) is 111 Å². The monoisotopic (exact) mass is 477 g/mol. The van der Waals surface area contributed by atoms with Crippen LogP contribution in [0.2, 0.25) is 0 Å². The number of ether oxygens (including phenoxy) is 2. The fourth-order valence-corrected chi connectivity index (χ4v) is 4.37. The van der Waals surface area contributed by atoms with E-state index in [1.807, 2.05) is 42.5 Å². The number of hydrogen-bond donors (Lipinski definition) is 2. The third-order valence-corrected chi connectivity index (χ3v) is 6.28. The second-order valence-corrected chi connectivity index (χ2v) is 8.71. The number of nitrogens with two attached hydrogens (primary N) is 1. The van der Waals surface area contributed by atoms with E-state index in [0.717, 1.165) is 54.5 Å². The van der Waals surface area contributed by atoms with Crippen molar-refractivity contribution >= 4 is 29.2 Å². The van der Waals surface area contributed by atoms with Crippen molar-refractivity contribution in [3.05, 3.63) is 54.1 Å². The Bertz CT molecular complexity index is 1140. The van der Waals surface area contributed by atoms with Crippen LogP contribution in [0.1, 0.15) is 23.2 Å². The summed E-state index contributed by atoms with van der Waals surface area (Å²) in [6.07, 6.45) is 2.56. The molecule has 0 bridgehead atoms. The van der Waals surface area contributed by atoms with Crippen LogP contribution in [0, 0.1) is 0 Å². The highest BCUT2D eigenvalue weighted by Gasteiger charge is 2.18. The van der Waals surface area contributed by atoms with Gasteiger partial charge < -0.3 is 25.4 Å². The number of carbonyl (C=O) groups is 1. The van der Waals surface area contributed by atoms with Crippen LogP contribution in [0.25, 0.3) is 0 Å². The fraction of sp³-hybridized carbons (Fsp3) is 0.400. The second-order valence-electron chi connectivity index (χ2n) is 8.71. The van der Waals surface area contributed by atoms with Crippen molar-refractivity contribution in [1.29, 1.82) is 0 Å². The lowest BCUT2D eigenvalue weighted by Gasteiger charge is -2.29. The molecule has 10 heteroatoms. The molecule has 3 heterocycles. The Kier molecular flexibility index (Phi) is 7.10. The summed E-state index contributed by atoms with van der Waals surface area (Å²) in [7, 11) is 0. The maximum Gasteiger partial charge on any atom is 0.281 e. The van der Waals surface area contributed by atoms with E-state index in [1.165, 1.54) is 12.8 Å². The molecule has 2 aromatic carbocycles. The summed E-state index contributed by atoms with van der Waals surface area (Å²) in [6, 6.07) is 15.0. The first-order chi connectivity index (χ1) is 17.2. The molecule has 3 aromatic rings. The molecule has 5 rings (SSSR count). The van der Waals surface area contributed by atoms with Crippen LogP contribution in [-0.2, 0) is 4.74 Å². The van der Waals surface area contributed by atoms with Crippen molar-refractivity contribution in [3.63, 3.8) is 0 Å². The first kappa shape index (κ1) is 23.1. The molecule has 2 aliphatic heterocycles. The summed E-state index contributed by atoms with van der Waals surface area (Å²) in [5.41, 5.74) is 8.26. The van der Waals surface area contributed by atoms with Crippen LogP contribution in [0.15, 0.2) is 48.5 Å². The minimum Gasteiger partial charge on any atom is -0.492 e. The van der Waals surface area contributed by atoms with Gasteiger partial charge in [0, 0.05) is 36.6 Å². The second kappa shape index (κ2) is 10.7. The van der Waals surface area contributed by atoms with E-state index in [2.05, 4.69) is 25.2 Å². The van der Waals surface area contributed by atoms with Crippen molar-refractivity contribution < 1.29 is 14.3 Å². The Morgan fingerprint density at radius 3 is 2.60 bits per heavy atom. The number of aromatic nitrogens is 3. The highest BCUT2D eigenvalue weighted by molar-refractivity contribution is 5.97. The van der Waals surface area contributed by atoms with Crippen molar-refractivity contribution in [2.45, 2.75) is 12.8 Å². The average molecular weight is 478 g/mol. The SMILES string of the molecule is Nc1nc(Nc2ccc(OCCN3CCCC3)cc2)nn1C(=O)c1cccc(N2CCOCC2)c1. The minimum atomic E-state index is -0.333. The molecule has 184 valence electrons. The highest BCUT2D eigenvalue weighted by Crippen LogP contribution is 2.21. The van der Waals surface area contributed by atoms with Gasteiger partial charge in [0.1, 0.15) is 12.4 Å². The number of anilines is 4. The Balaban J connectivity index is 1.20. The summed E-state index contributed by atoms with van der Waals surface area (Å²) in [5.74, 6) is 0.752. The van der Waals surface area contributed by atoms with Crippen molar-refractivity contribution in [3.8, 4) is 5.75 Å². The molecular weight excluding hydrogens is 446 g/mol. The van der Waals surface area contributed by atoms with Crippen LogP contribution in [0.4, 0.5) is 23.3 Å². The number of rotatable bonds is 8. The highest BCUT2D eigenvalue weighted by atomic mass is 16.5. The van der Waals surface area contributed by atoms with Crippen molar-refractivity contribution in [2.75, 3.05) is 68.5 Å². The fourth-order valence-electron chi connectivity index (χ4n) is 4.37. The predicted molar refractivity (Wildman–Crippen MR) is 135 cm³/mol. The summed E-state index contributed by atoms with van der Waals surface area (Å²) in [5, 5.41) is 7.39. The standard InChI is InChI=1S/C25H31N7O3/c26-24-28-25(27-20-6-8-22(9-7-20)35-17-12-30-10-1-2-11-30)29-32(24)23(33)19-4-3-5-21(18-19)31-13-15-34-16-14-31/h3-9,18H,1-2,10-17H2,(H3,26,27,28,29). The van der Waals surface area contributed by atoms with Crippen LogP contribution in [-0.4, -0.2) is 78.1 Å². The van der Waals surface area contributed by atoms with Crippen molar-refractivity contribution in [1.82, 2.24) is 19.7 Å². The maximum absolute atomic E-state index is 13.1. The average Bonchev–Trinajstić information content (AvgIpc) is 3.55. The van der Waals surface area contributed by atoms with Gasteiger partial charge in [-0.25, -0.2) is 0 Å². The number of carbonyl (C=O) groups excluding carboxylic acids is 1. The van der Waals surface area contributed by atoms with Gasteiger partial charge in [0.05, 0.1) is 13.2 Å². The van der Waals surface area contributed by atoms with Gasteiger partial charge in [-0.05, 0) is 68.4 Å². The summed E-state index contributed by atoms with van der Waals surface area (Å²) in [4.78, 5) is 21.9. The van der Waals surface area contributed by atoms with Gasteiger partial charge in [-0.1, -0.05) is 6.07 Å². The van der Waals surface area contributed by atoms with E-state index in [0.29, 0.717) is 25.4 Å². The van der Waals surface area contributed by atoms with E-state index in [9.17, 15) is 4.79 Å². The summed E-state index contributed by atoms with van der Waals surface area (Å²) < 4.78 is 12.4. The van der Waals surface area contributed by atoms with Gasteiger partial charge >= 0.3 is 0 Å². The van der Waals surface area contributed by atoms with Crippen LogP contribution in [0.5, 0.6) is 5.75 Å². The number of nitrogens with zero attached hydrogens (tertiary/aromatic N) is 5. The number of nitrogen functional groups attached to an aromatic ring is 1. The van der Waals surface area contributed by atoms with E-state index < -0.39 is 0 Å². The smallest absolute Gasteiger partial charge is 0.281 e. The molecule has 1 aromatic heterocycles. The molecule has 3 N–H and O–H groups in total. The first-order valence-corrected chi connectivity index (χ1v) is 12.1. The summed E-state index contributed by atoms with van der Waals surface area (Å²) >= 11 is 0. The van der Waals surface area contributed by atoms with Gasteiger partial charge in [0.15, 0.2) is 0 Å². The molecule has 0 aliphatic carbocycles. The molecule has 0 radical (unpaired) electrons. The van der Waals surface area contributed by atoms with Crippen LogP contribution < -0.4 is 20.7 Å². The largest absolute Gasteiger partial charge is 0.492 e. The molecule has 0 atom stereocenters.